The van der Waals surface area contributed by atoms with Crippen molar-refractivity contribution in [2.75, 3.05) is 0 Å². The molecule has 43 heavy (non-hydrogen) atoms. The van der Waals surface area contributed by atoms with E-state index in [2.05, 4.69) is 57.5 Å². The number of para-hydroxylation sites is 8. The van der Waals surface area contributed by atoms with Crippen LogP contribution in [0.3, 0.4) is 0 Å². The van der Waals surface area contributed by atoms with Crippen LogP contribution in [0, 0.1) is 40.5 Å². The number of aryl methyl sites for hydroxylation is 2. The number of benzene rings is 4. The van der Waals surface area contributed by atoms with E-state index < -0.39 is 0 Å². The molecule has 6 aromatic rings. The summed E-state index contributed by atoms with van der Waals surface area (Å²) in [5.74, 6) is 0. The van der Waals surface area contributed by atoms with E-state index in [1.165, 1.54) is 0 Å². The van der Waals surface area contributed by atoms with E-state index in [9.17, 15) is 0 Å². The fourth-order valence-electron chi connectivity index (χ4n) is 3.89. The summed E-state index contributed by atoms with van der Waals surface area (Å²) in [5, 5.41) is 36.0. The van der Waals surface area contributed by atoms with Crippen molar-refractivity contribution in [2.24, 2.45) is 35.5 Å². The average molecular weight is 681 g/mol. The van der Waals surface area contributed by atoms with E-state index in [1.54, 1.807) is 0 Å². The summed E-state index contributed by atoms with van der Waals surface area (Å²) in [4.78, 5) is 41.2. The van der Waals surface area contributed by atoms with Gasteiger partial charge in [-0.15, -0.1) is 21.4 Å². The Morgan fingerprint density at radius 3 is 0.791 bits per heavy atom. The van der Waals surface area contributed by atoms with Crippen LogP contribution < -0.4 is 9.13 Å². The van der Waals surface area contributed by atoms with Gasteiger partial charge >= 0.3 is 20.4 Å². The van der Waals surface area contributed by atoms with E-state index >= 15 is 0 Å². The standard InChI is InChI=1S/2C13H11N2.4HNO2.Pd/c2*1-15-12-8-4-2-6-10(12)14-11-7-3-5-9-13(11)15;4*2-1-3;/h2*2-9H,1H3;4*(H,2,3);/q2*+1;;;;;+2/p-4. The van der Waals surface area contributed by atoms with Gasteiger partial charge in [-0.25, -0.2) is 9.97 Å². The zero-order valence-electron chi connectivity index (χ0n) is 22.4. The molecule has 4 aromatic carbocycles. The molecule has 0 aliphatic heterocycles. The second-order valence-corrected chi connectivity index (χ2v) is 7.59. The molecule has 0 radical (unpaired) electrons. The fraction of sp³-hybridized carbons (Fsp3) is 0.0769. The first kappa shape index (κ1) is 37.3. The van der Waals surface area contributed by atoms with Crippen LogP contribution in [0.4, 0.5) is 0 Å². The van der Waals surface area contributed by atoms with Crippen LogP contribution in [0.1, 0.15) is 0 Å². The molecule has 0 aliphatic carbocycles. The summed E-state index contributed by atoms with van der Waals surface area (Å²) in [6, 6.07) is 32.8. The number of fused-ring (bicyclic) bond motifs is 4. The number of hydrogen-bond acceptors (Lipinski definition) is 14. The first-order valence-electron chi connectivity index (χ1n) is 11.5. The summed E-state index contributed by atoms with van der Waals surface area (Å²) >= 11 is 0. The van der Waals surface area contributed by atoms with Gasteiger partial charge in [0.1, 0.15) is 36.2 Å². The van der Waals surface area contributed by atoms with Gasteiger partial charge in [0, 0.05) is 24.3 Å². The van der Waals surface area contributed by atoms with Gasteiger partial charge in [0.15, 0.2) is 0 Å². The second kappa shape index (κ2) is 21.1. The summed E-state index contributed by atoms with van der Waals surface area (Å²) < 4.78 is 4.36. The molecule has 0 saturated carbocycles. The number of nitrogens with zero attached hydrogens (tertiary/aromatic N) is 8. The number of aromatic nitrogens is 4. The Bertz CT molecular complexity index is 1510. The van der Waals surface area contributed by atoms with Crippen molar-refractivity contribution < 1.29 is 29.6 Å². The third-order valence-electron chi connectivity index (χ3n) is 5.45. The molecule has 16 nitrogen and oxygen atoms in total. The Labute approximate surface area is 256 Å². The molecule has 2 aromatic heterocycles. The minimum Gasteiger partial charge on any atom is -0.444 e. The van der Waals surface area contributed by atoms with Crippen molar-refractivity contribution >= 4 is 44.1 Å². The summed E-state index contributed by atoms with van der Waals surface area (Å²) in [7, 11) is 4.15. The van der Waals surface area contributed by atoms with Crippen molar-refractivity contribution in [2.45, 2.75) is 0 Å². The first-order valence-corrected chi connectivity index (χ1v) is 11.5. The minimum absolute atomic E-state index is 0. The van der Waals surface area contributed by atoms with E-state index in [0.29, 0.717) is 0 Å². The summed E-state index contributed by atoms with van der Waals surface area (Å²) in [6.07, 6.45) is 0. The van der Waals surface area contributed by atoms with E-state index in [0.717, 1.165) is 65.5 Å². The van der Waals surface area contributed by atoms with Gasteiger partial charge < -0.3 is 40.5 Å². The molecule has 0 saturated heterocycles. The van der Waals surface area contributed by atoms with Gasteiger partial charge in [-0.1, -0.05) is 48.5 Å². The van der Waals surface area contributed by atoms with E-state index in [-0.39, 0.29) is 20.4 Å². The second-order valence-electron chi connectivity index (χ2n) is 7.59. The largest absolute Gasteiger partial charge is 2.00 e. The molecule has 0 unspecified atom stereocenters. The van der Waals surface area contributed by atoms with E-state index in [4.69, 9.17) is 40.5 Å². The molecular formula is C26H22N8O8Pd. The van der Waals surface area contributed by atoms with Gasteiger partial charge in [-0.3, -0.25) is 0 Å². The van der Waals surface area contributed by atoms with Crippen molar-refractivity contribution in [1.29, 1.82) is 0 Å². The van der Waals surface area contributed by atoms with Crippen LogP contribution >= 0.6 is 0 Å². The van der Waals surface area contributed by atoms with Crippen LogP contribution in [0.25, 0.3) is 44.1 Å². The topological polar surface area (TPSA) is 244 Å². The Balaban J connectivity index is 0.000000594. The molecule has 0 bridgehead atoms. The Hall–Kier alpha value is -5.66. The zero-order chi connectivity index (χ0) is 31.3. The van der Waals surface area contributed by atoms with Gasteiger partial charge in [0.05, 0.1) is 0 Å². The van der Waals surface area contributed by atoms with Gasteiger partial charge in [-0.2, -0.15) is 9.13 Å². The third kappa shape index (κ3) is 11.0. The molecule has 0 N–H and O–H groups in total. The van der Waals surface area contributed by atoms with Crippen molar-refractivity contribution in [1.82, 2.24) is 9.97 Å². The van der Waals surface area contributed by atoms with Crippen LogP contribution in [0.15, 0.2) is 118 Å². The monoisotopic (exact) mass is 680 g/mol. The molecule has 0 aliphatic rings. The smallest absolute Gasteiger partial charge is 0.444 e. The average Bonchev–Trinajstić information content (AvgIpc) is 3.00. The predicted octanol–water partition coefficient (Wildman–Crippen LogP) is 5.42. The molecular weight excluding hydrogens is 659 g/mol. The summed E-state index contributed by atoms with van der Waals surface area (Å²) in [5.41, 5.74) is 8.81. The minimum atomic E-state index is 0. The van der Waals surface area contributed by atoms with Crippen LogP contribution in [-0.4, -0.2) is 9.97 Å². The predicted molar refractivity (Wildman–Crippen MR) is 157 cm³/mol. The molecule has 0 amide bonds. The third-order valence-corrected chi connectivity index (χ3v) is 5.45. The first-order chi connectivity index (χ1) is 20.4. The molecule has 2 heterocycles. The normalized spacial score (nSPS) is 8.79. The van der Waals surface area contributed by atoms with Crippen LogP contribution in [0.2, 0.25) is 0 Å². The van der Waals surface area contributed by atoms with Crippen LogP contribution in [-0.2, 0) is 34.5 Å². The zero-order valence-corrected chi connectivity index (χ0v) is 24.0. The molecule has 224 valence electrons. The van der Waals surface area contributed by atoms with Gasteiger partial charge in [0.25, 0.3) is 0 Å². The molecule has 0 fully saturated rings. The maximum atomic E-state index is 8.00. The Kier molecular flexibility index (Phi) is 18.4. The van der Waals surface area contributed by atoms with Crippen molar-refractivity contribution in [3.8, 4) is 0 Å². The Morgan fingerprint density at radius 1 is 0.442 bits per heavy atom. The maximum Gasteiger partial charge on any atom is 2.00 e. The molecule has 17 heteroatoms. The Morgan fingerprint density at radius 2 is 0.605 bits per heavy atom. The summed E-state index contributed by atoms with van der Waals surface area (Å²) in [6.45, 7) is 0. The van der Waals surface area contributed by atoms with Gasteiger partial charge in [-0.05, 0) is 24.3 Å². The van der Waals surface area contributed by atoms with Crippen molar-refractivity contribution in [3.63, 3.8) is 0 Å². The number of rotatable bonds is 0. The molecule has 6 rings (SSSR count). The van der Waals surface area contributed by atoms with Crippen LogP contribution in [0.5, 0.6) is 0 Å². The maximum absolute atomic E-state index is 8.00. The van der Waals surface area contributed by atoms with Gasteiger partial charge in [0.2, 0.25) is 22.1 Å². The quantitative estimate of drug-likeness (QED) is 0.0647. The molecule has 0 spiro atoms. The van der Waals surface area contributed by atoms with E-state index in [1.807, 2.05) is 72.8 Å². The molecule has 0 atom stereocenters. The number of hydrogen-bond donors (Lipinski definition) is 0. The SMILES string of the molecule is C[n+]1c2ccccc2nc2ccccc21.C[n+]1c2ccccc2nc2ccccc21.O=N[O-].O=N[O-].O=N[O-].O=N[O-].[Pd+2]. The van der Waals surface area contributed by atoms with Crippen molar-refractivity contribution in [3.05, 3.63) is 138 Å². The fourth-order valence-corrected chi connectivity index (χ4v) is 3.89.